The number of nitrogens with zero attached hydrogens (tertiary/aromatic N) is 3. The summed E-state index contributed by atoms with van der Waals surface area (Å²) in [4.78, 5) is 16.2. The van der Waals surface area contributed by atoms with Crippen molar-refractivity contribution in [2.75, 3.05) is 0 Å². The molecule has 0 aliphatic heterocycles. The van der Waals surface area contributed by atoms with Crippen molar-refractivity contribution in [3.05, 3.63) is 44.9 Å². The molecule has 0 amide bonds. The molecule has 0 unspecified atom stereocenters. The average Bonchev–Trinajstić information content (AvgIpc) is 2.67. The van der Waals surface area contributed by atoms with E-state index in [9.17, 15) is 4.79 Å². The zero-order valence-corrected chi connectivity index (χ0v) is 11.2. The maximum Gasteiger partial charge on any atom is 0.255 e. The number of hydrogen-bond acceptors (Lipinski definition) is 4. The highest BCUT2D eigenvalue weighted by atomic mass is 35.5. The Labute approximate surface area is 109 Å². The topological polar surface area (TPSA) is 60.9 Å². The van der Waals surface area contributed by atoms with Gasteiger partial charge in [0.25, 0.3) is 5.56 Å². The Morgan fingerprint density at radius 2 is 2.17 bits per heavy atom. The minimum atomic E-state index is -0.181. The molecule has 18 heavy (non-hydrogen) atoms. The second kappa shape index (κ2) is 4.94. The molecule has 0 fully saturated rings. The summed E-state index contributed by atoms with van der Waals surface area (Å²) in [6.07, 6.45) is 0. The van der Waals surface area contributed by atoms with Gasteiger partial charge >= 0.3 is 0 Å². The summed E-state index contributed by atoms with van der Waals surface area (Å²) in [6, 6.07) is 3.10. The monoisotopic (exact) mass is 267 g/mol. The van der Waals surface area contributed by atoms with Crippen molar-refractivity contribution in [3.63, 3.8) is 0 Å². The van der Waals surface area contributed by atoms with Gasteiger partial charge in [0.1, 0.15) is 22.4 Å². The fourth-order valence-electron chi connectivity index (χ4n) is 1.75. The van der Waals surface area contributed by atoms with E-state index in [2.05, 4.69) is 10.1 Å². The first-order valence-corrected chi connectivity index (χ1v) is 6.04. The van der Waals surface area contributed by atoms with Gasteiger partial charge in [-0.2, -0.15) is 0 Å². The van der Waals surface area contributed by atoms with Crippen molar-refractivity contribution in [3.8, 4) is 0 Å². The zero-order chi connectivity index (χ0) is 13.3. The van der Waals surface area contributed by atoms with E-state index in [1.54, 1.807) is 10.6 Å². The lowest BCUT2D eigenvalue weighted by Crippen LogP contribution is -2.25. The molecule has 0 atom stereocenters. The maximum absolute atomic E-state index is 12.0. The van der Waals surface area contributed by atoms with Crippen LogP contribution in [0.25, 0.3) is 0 Å². The van der Waals surface area contributed by atoms with Crippen molar-refractivity contribution in [2.45, 2.75) is 33.2 Å². The van der Waals surface area contributed by atoms with E-state index in [4.69, 9.17) is 16.1 Å². The molecule has 2 rings (SSSR count). The SMILES string of the molecule is Cc1cc(Cn2c(C(C)C)nc(Cl)cc2=O)no1. The minimum Gasteiger partial charge on any atom is -0.361 e. The van der Waals surface area contributed by atoms with Crippen molar-refractivity contribution in [1.29, 1.82) is 0 Å². The molecule has 0 N–H and O–H groups in total. The largest absolute Gasteiger partial charge is 0.361 e. The van der Waals surface area contributed by atoms with E-state index >= 15 is 0 Å². The standard InChI is InChI=1S/C12H14ClN3O2/c1-7(2)12-14-10(13)5-11(17)16(12)6-9-4-8(3)18-15-9/h4-5,7H,6H2,1-3H3. The highest BCUT2D eigenvalue weighted by molar-refractivity contribution is 6.29. The molecule has 2 aromatic rings. The number of rotatable bonds is 3. The molecule has 2 heterocycles. The van der Waals surface area contributed by atoms with Gasteiger partial charge in [-0.1, -0.05) is 30.6 Å². The van der Waals surface area contributed by atoms with E-state index < -0.39 is 0 Å². The third-order valence-electron chi connectivity index (χ3n) is 2.52. The third kappa shape index (κ3) is 2.61. The van der Waals surface area contributed by atoms with Gasteiger partial charge in [0, 0.05) is 18.1 Å². The van der Waals surface area contributed by atoms with Crippen LogP contribution in [0.15, 0.2) is 21.5 Å². The molecule has 0 bridgehead atoms. The predicted octanol–water partition coefficient (Wildman–Crippen LogP) is 2.36. The minimum absolute atomic E-state index is 0.101. The summed E-state index contributed by atoms with van der Waals surface area (Å²) in [5, 5.41) is 4.10. The van der Waals surface area contributed by atoms with Gasteiger partial charge < -0.3 is 4.52 Å². The molecule has 5 nitrogen and oxygen atoms in total. The van der Waals surface area contributed by atoms with Crippen LogP contribution in [-0.2, 0) is 6.54 Å². The summed E-state index contributed by atoms with van der Waals surface area (Å²) in [7, 11) is 0. The Hall–Kier alpha value is -1.62. The molecule has 0 saturated carbocycles. The molecule has 0 saturated heterocycles. The first-order chi connectivity index (χ1) is 8.47. The number of halogens is 1. The van der Waals surface area contributed by atoms with Crippen LogP contribution in [0.1, 0.15) is 37.0 Å². The number of aromatic nitrogens is 3. The van der Waals surface area contributed by atoms with Crippen molar-refractivity contribution >= 4 is 11.6 Å². The van der Waals surface area contributed by atoms with Gasteiger partial charge in [0.2, 0.25) is 0 Å². The van der Waals surface area contributed by atoms with Crippen LogP contribution in [0.4, 0.5) is 0 Å². The smallest absolute Gasteiger partial charge is 0.255 e. The molecule has 2 aromatic heterocycles. The first-order valence-electron chi connectivity index (χ1n) is 5.67. The molecule has 0 aromatic carbocycles. The average molecular weight is 268 g/mol. The summed E-state index contributed by atoms with van der Waals surface area (Å²) < 4.78 is 6.55. The van der Waals surface area contributed by atoms with Gasteiger partial charge in [-0.15, -0.1) is 0 Å². The maximum atomic E-state index is 12.0. The van der Waals surface area contributed by atoms with E-state index in [-0.39, 0.29) is 16.6 Å². The Balaban J connectivity index is 2.46. The van der Waals surface area contributed by atoms with E-state index in [1.807, 2.05) is 20.8 Å². The summed E-state index contributed by atoms with van der Waals surface area (Å²) in [5.74, 6) is 1.46. The van der Waals surface area contributed by atoms with Crippen molar-refractivity contribution in [1.82, 2.24) is 14.7 Å². The Bertz CT molecular complexity index is 616. The zero-order valence-electron chi connectivity index (χ0n) is 10.5. The number of hydrogen-bond donors (Lipinski definition) is 0. The molecule has 0 aliphatic rings. The summed E-state index contributed by atoms with van der Waals surface area (Å²) >= 11 is 5.81. The molecule has 0 radical (unpaired) electrons. The highest BCUT2D eigenvalue weighted by Gasteiger charge is 2.13. The molecule has 6 heteroatoms. The van der Waals surface area contributed by atoms with Gasteiger partial charge in [-0.05, 0) is 6.92 Å². The van der Waals surface area contributed by atoms with Gasteiger partial charge in [-0.25, -0.2) is 4.98 Å². The number of aryl methyl sites for hydroxylation is 1. The van der Waals surface area contributed by atoms with Gasteiger partial charge in [0.15, 0.2) is 0 Å². The Morgan fingerprint density at radius 3 is 2.72 bits per heavy atom. The van der Waals surface area contributed by atoms with Crippen molar-refractivity contribution in [2.24, 2.45) is 0 Å². The van der Waals surface area contributed by atoms with Crippen LogP contribution in [0, 0.1) is 6.92 Å². The Kier molecular flexibility index (Phi) is 3.52. The van der Waals surface area contributed by atoms with Crippen LogP contribution in [0.5, 0.6) is 0 Å². The fraction of sp³-hybridized carbons (Fsp3) is 0.417. The summed E-state index contributed by atoms with van der Waals surface area (Å²) in [5.41, 5.74) is 0.514. The van der Waals surface area contributed by atoms with Gasteiger partial charge in [-0.3, -0.25) is 9.36 Å². The van der Waals surface area contributed by atoms with Crippen LogP contribution in [-0.4, -0.2) is 14.7 Å². The van der Waals surface area contributed by atoms with Crippen LogP contribution < -0.4 is 5.56 Å². The second-order valence-electron chi connectivity index (χ2n) is 4.45. The molecule has 96 valence electrons. The first kappa shape index (κ1) is 12.8. The normalized spacial score (nSPS) is 11.2. The second-order valence-corrected chi connectivity index (χ2v) is 4.83. The lowest BCUT2D eigenvalue weighted by Gasteiger charge is -2.13. The lowest BCUT2D eigenvalue weighted by atomic mass is 10.2. The third-order valence-corrected chi connectivity index (χ3v) is 2.71. The van der Waals surface area contributed by atoms with E-state index in [0.717, 1.165) is 0 Å². The Morgan fingerprint density at radius 1 is 1.44 bits per heavy atom. The molecular formula is C12H14ClN3O2. The van der Waals surface area contributed by atoms with Crippen LogP contribution in [0.3, 0.4) is 0 Å². The molecule has 0 spiro atoms. The fourth-order valence-corrected chi connectivity index (χ4v) is 1.93. The van der Waals surface area contributed by atoms with Crippen LogP contribution >= 0.6 is 11.6 Å². The van der Waals surface area contributed by atoms with E-state index in [1.165, 1.54) is 6.07 Å². The predicted molar refractivity (Wildman–Crippen MR) is 67.9 cm³/mol. The van der Waals surface area contributed by atoms with Crippen molar-refractivity contribution < 1.29 is 4.52 Å². The molecule has 0 aliphatic carbocycles. The highest BCUT2D eigenvalue weighted by Crippen LogP contribution is 2.14. The van der Waals surface area contributed by atoms with E-state index in [0.29, 0.717) is 23.8 Å². The summed E-state index contributed by atoms with van der Waals surface area (Å²) in [6.45, 7) is 6.07. The quantitative estimate of drug-likeness (QED) is 0.801. The lowest BCUT2D eigenvalue weighted by molar-refractivity contribution is 0.388. The molecular weight excluding hydrogens is 254 g/mol. The van der Waals surface area contributed by atoms with Crippen LogP contribution in [0.2, 0.25) is 5.15 Å². The van der Waals surface area contributed by atoms with Gasteiger partial charge in [0.05, 0.1) is 6.54 Å².